The molecule has 4 heteroatoms. The molecule has 0 aliphatic rings. The lowest BCUT2D eigenvalue weighted by atomic mass is 10.2. The highest BCUT2D eigenvalue weighted by Gasteiger charge is 1.98. The molecule has 3 nitrogen and oxygen atoms in total. The second kappa shape index (κ2) is 3.09. The molecule has 11 heavy (non-hydrogen) atoms. The zero-order chi connectivity index (χ0) is 8.27. The smallest absolute Gasteiger partial charge is 0.142 e. The molecule has 1 N–H and O–H groups in total. The number of hydrogen-bond acceptors (Lipinski definition) is 3. The Morgan fingerprint density at radius 3 is 2.91 bits per heavy atom. The van der Waals surface area contributed by atoms with Gasteiger partial charge in [-0.1, -0.05) is 5.16 Å². The third kappa shape index (κ3) is 1.73. The zero-order valence-corrected chi connectivity index (χ0v) is 5.95. The molecule has 1 heterocycles. The number of rotatable bonds is 1. The molecule has 0 unspecified atom stereocenters. The van der Waals surface area contributed by atoms with E-state index in [0.717, 1.165) is 6.20 Å². The van der Waals surface area contributed by atoms with E-state index in [4.69, 9.17) is 5.21 Å². The molecule has 0 saturated carbocycles. The number of oxime groups is 1. The number of pyridine rings is 1. The Bertz CT molecular complexity index is 286. The van der Waals surface area contributed by atoms with Crippen molar-refractivity contribution in [3.8, 4) is 0 Å². The van der Waals surface area contributed by atoms with Crippen LogP contribution in [0.1, 0.15) is 12.5 Å². The molecule has 0 radical (unpaired) electrons. The van der Waals surface area contributed by atoms with E-state index in [1.807, 2.05) is 0 Å². The van der Waals surface area contributed by atoms with E-state index in [9.17, 15) is 4.39 Å². The fraction of sp³-hybridized carbons (Fsp3) is 0.143. The van der Waals surface area contributed by atoms with Gasteiger partial charge in [-0.05, 0) is 13.0 Å². The quantitative estimate of drug-likeness (QED) is 0.377. The van der Waals surface area contributed by atoms with Gasteiger partial charge in [0.2, 0.25) is 0 Å². The molecule has 1 aromatic rings. The van der Waals surface area contributed by atoms with Gasteiger partial charge in [-0.2, -0.15) is 0 Å². The molecule has 1 aromatic heterocycles. The fourth-order valence-corrected chi connectivity index (χ4v) is 0.667. The normalized spacial score (nSPS) is 11.6. The summed E-state index contributed by atoms with van der Waals surface area (Å²) in [4.78, 5) is 3.59. The van der Waals surface area contributed by atoms with Crippen LogP contribution in [0.3, 0.4) is 0 Å². The average molecular weight is 154 g/mol. The van der Waals surface area contributed by atoms with Crippen molar-refractivity contribution >= 4 is 5.71 Å². The van der Waals surface area contributed by atoms with E-state index < -0.39 is 5.82 Å². The summed E-state index contributed by atoms with van der Waals surface area (Å²) in [6.07, 6.45) is 2.52. The van der Waals surface area contributed by atoms with Crippen LogP contribution in [0.15, 0.2) is 23.6 Å². The van der Waals surface area contributed by atoms with E-state index in [0.29, 0.717) is 11.3 Å². The van der Waals surface area contributed by atoms with E-state index in [1.54, 1.807) is 6.92 Å². The molecule has 0 aliphatic carbocycles. The molecule has 0 bridgehead atoms. The molecule has 0 saturated heterocycles. The van der Waals surface area contributed by atoms with Gasteiger partial charge in [-0.25, -0.2) is 4.39 Å². The SMILES string of the molecule is C/C(=N\O)c1cncc(F)c1. The summed E-state index contributed by atoms with van der Waals surface area (Å²) in [5.74, 6) is -0.439. The van der Waals surface area contributed by atoms with Crippen molar-refractivity contribution in [2.75, 3.05) is 0 Å². The Morgan fingerprint density at radius 2 is 2.36 bits per heavy atom. The summed E-state index contributed by atoms with van der Waals surface area (Å²) in [6.45, 7) is 1.57. The summed E-state index contributed by atoms with van der Waals surface area (Å²) in [5.41, 5.74) is 0.824. The van der Waals surface area contributed by atoms with Crippen molar-refractivity contribution in [2.45, 2.75) is 6.92 Å². The van der Waals surface area contributed by atoms with Crippen LogP contribution in [0.5, 0.6) is 0 Å². The third-order valence-electron chi connectivity index (χ3n) is 1.27. The Morgan fingerprint density at radius 1 is 1.64 bits per heavy atom. The zero-order valence-electron chi connectivity index (χ0n) is 5.95. The largest absolute Gasteiger partial charge is 0.411 e. The van der Waals surface area contributed by atoms with Gasteiger partial charge < -0.3 is 5.21 Å². The first-order chi connectivity index (χ1) is 5.24. The van der Waals surface area contributed by atoms with Crippen LogP contribution in [0.4, 0.5) is 4.39 Å². The lowest BCUT2D eigenvalue weighted by Crippen LogP contribution is -1.95. The lowest BCUT2D eigenvalue weighted by molar-refractivity contribution is 0.319. The molecule has 0 fully saturated rings. The van der Waals surface area contributed by atoms with Crippen LogP contribution in [0.2, 0.25) is 0 Å². The predicted octanol–water partition coefficient (Wildman–Crippen LogP) is 1.42. The highest BCUT2D eigenvalue weighted by Crippen LogP contribution is 2.01. The van der Waals surface area contributed by atoms with Crippen LogP contribution in [-0.4, -0.2) is 15.9 Å². The molecular weight excluding hydrogens is 147 g/mol. The Labute approximate surface area is 63.2 Å². The number of hydrogen-bond donors (Lipinski definition) is 1. The Hall–Kier alpha value is -1.45. The van der Waals surface area contributed by atoms with E-state index in [-0.39, 0.29) is 0 Å². The standard InChI is InChI=1S/C7H7FN2O/c1-5(10-11)6-2-7(8)4-9-3-6/h2-4,11H,1H3/b10-5+. The molecule has 58 valence electrons. The molecule has 0 atom stereocenters. The van der Waals surface area contributed by atoms with Gasteiger partial charge in [0.05, 0.1) is 11.9 Å². The fourth-order valence-electron chi connectivity index (χ4n) is 0.667. The maximum atomic E-state index is 12.5. The van der Waals surface area contributed by atoms with Crippen molar-refractivity contribution in [3.05, 3.63) is 29.8 Å². The first kappa shape index (κ1) is 7.65. The molecular formula is C7H7FN2O. The van der Waals surface area contributed by atoms with Crippen LogP contribution in [-0.2, 0) is 0 Å². The van der Waals surface area contributed by atoms with Gasteiger partial charge in [-0.15, -0.1) is 0 Å². The maximum Gasteiger partial charge on any atom is 0.142 e. The molecule has 0 aromatic carbocycles. The van der Waals surface area contributed by atoms with Crippen LogP contribution in [0, 0.1) is 5.82 Å². The molecule has 0 spiro atoms. The van der Waals surface area contributed by atoms with Gasteiger partial charge in [0.1, 0.15) is 5.82 Å². The van der Waals surface area contributed by atoms with Crippen molar-refractivity contribution in [1.82, 2.24) is 4.98 Å². The minimum Gasteiger partial charge on any atom is -0.411 e. The molecule has 0 aliphatic heterocycles. The van der Waals surface area contributed by atoms with Gasteiger partial charge >= 0.3 is 0 Å². The van der Waals surface area contributed by atoms with Crippen LogP contribution < -0.4 is 0 Å². The van der Waals surface area contributed by atoms with E-state index >= 15 is 0 Å². The molecule has 0 amide bonds. The van der Waals surface area contributed by atoms with Crippen LogP contribution >= 0.6 is 0 Å². The minimum absolute atomic E-state index is 0.344. The summed E-state index contributed by atoms with van der Waals surface area (Å²) < 4.78 is 12.5. The van der Waals surface area contributed by atoms with Crippen LogP contribution in [0.25, 0.3) is 0 Å². The predicted molar refractivity (Wildman–Crippen MR) is 38.2 cm³/mol. The van der Waals surface area contributed by atoms with Crippen molar-refractivity contribution in [2.24, 2.45) is 5.16 Å². The van der Waals surface area contributed by atoms with Crippen molar-refractivity contribution < 1.29 is 9.60 Å². The van der Waals surface area contributed by atoms with Gasteiger partial charge in [0.25, 0.3) is 0 Å². The van der Waals surface area contributed by atoms with E-state index in [1.165, 1.54) is 12.3 Å². The van der Waals surface area contributed by atoms with Gasteiger partial charge in [0.15, 0.2) is 0 Å². The summed E-state index contributed by atoms with van der Waals surface area (Å²) >= 11 is 0. The average Bonchev–Trinajstić information content (AvgIpc) is 2.03. The highest BCUT2D eigenvalue weighted by molar-refractivity contribution is 5.97. The first-order valence-corrected chi connectivity index (χ1v) is 3.03. The summed E-state index contributed by atoms with van der Waals surface area (Å²) in [6, 6.07) is 1.25. The second-order valence-corrected chi connectivity index (χ2v) is 2.08. The number of halogens is 1. The highest BCUT2D eigenvalue weighted by atomic mass is 19.1. The summed E-state index contributed by atoms with van der Waals surface area (Å²) in [7, 11) is 0. The maximum absolute atomic E-state index is 12.5. The summed E-state index contributed by atoms with van der Waals surface area (Å²) in [5, 5.41) is 11.2. The third-order valence-corrected chi connectivity index (χ3v) is 1.27. The monoisotopic (exact) mass is 154 g/mol. The Kier molecular flexibility index (Phi) is 2.15. The number of nitrogens with zero attached hydrogens (tertiary/aromatic N) is 2. The molecule has 1 rings (SSSR count). The lowest BCUT2D eigenvalue weighted by Gasteiger charge is -1.95. The van der Waals surface area contributed by atoms with Crippen molar-refractivity contribution in [3.63, 3.8) is 0 Å². The minimum atomic E-state index is -0.439. The van der Waals surface area contributed by atoms with Crippen molar-refractivity contribution in [1.29, 1.82) is 0 Å². The van der Waals surface area contributed by atoms with Gasteiger partial charge in [-0.3, -0.25) is 4.98 Å². The van der Waals surface area contributed by atoms with Gasteiger partial charge in [0, 0.05) is 11.8 Å². The van der Waals surface area contributed by atoms with E-state index in [2.05, 4.69) is 10.1 Å². The first-order valence-electron chi connectivity index (χ1n) is 3.03. The number of aromatic nitrogens is 1. The second-order valence-electron chi connectivity index (χ2n) is 2.08. The topological polar surface area (TPSA) is 45.5 Å². The Balaban J connectivity index is 3.06.